The fourth-order valence-corrected chi connectivity index (χ4v) is 4.17. The van der Waals surface area contributed by atoms with E-state index in [9.17, 15) is 18.4 Å². The number of ether oxygens (including phenoxy) is 2. The number of halogens is 3. The van der Waals surface area contributed by atoms with Gasteiger partial charge >= 0.3 is 12.1 Å². The summed E-state index contributed by atoms with van der Waals surface area (Å²) in [5, 5.41) is 5.18. The summed E-state index contributed by atoms with van der Waals surface area (Å²) >= 11 is 6.36. The Morgan fingerprint density at radius 3 is 2.72 bits per heavy atom. The molecule has 0 aliphatic carbocycles. The second kappa shape index (κ2) is 10.7. The second-order valence-electron chi connectivity index (χ2n) is 7.15. The van der Waals surface area contributed by atoms with Crippen LogP contribution in [0.3, 0.4) is 0 Å². The van der Waals surface area contributed by atoms with E-state index >= 15 is 0 Å². The highest BCUT2D eigenvalue weighted by Gasteiger charge is 2.23. The number of likely N-dealkylation sites (tertiary alicyclic amines) is 1. The van der Waals surface area contributed by atoms with Crippen LogP contribution in [0.15, 0.2) is 12.1 Å². The third kappa shape index (κ3) is 6.17. The Morgan fingerprint density at radius 2 is 2.09 bits per heavy atom. The van der Waals surface area contributed by atoms with Crippen molar-refractivity contribution in [2.45, 2.75) is 31.9 Å². The van der Waals surface area contributed by atoms with Crippen LogP contribution in [0.2, 0.25) is 5.02 Å². The van der Waals surface area contributed by atoms with Gasteiger partial charge in [-0.1, -0.05) is 11.6 Å². The summed E-state index contributed by atoms with van der Waals surface area (Å²) in [5.74, 6) is -2.34. The van der Waals surface area contributed by atoms with Crippen LogP contribution in [0.4, 0.5) is 23.4 Å². The molecule has 13 heteroatoms. The van der Waals surface area contributed by atoms with E-state index in [1.807, 2.05) is 7.05 Å². The molecule has 1 aromatic carbocycles. The van der Waals surface area contributed by atoms with Gasteiger partial charge in [-0.25, -0.2) is 18.4 Å². The van der Waals surface area contributed by atoms with Crippen molar-refractivity contribution in [1.29, 1.82) is 0 Å². The molecule has 1 unspecified atom stereocenters. The number of urea groups is 1. The quantitative estimate of drug-likeness (QED) is 0.520. The van der Waals surface area contributed by atoms with Gasteiger partial charge in [0.15, 0.2) is 5.00 Å². The smallest absolute Gasteiger partial charge is 0.410 e. The normalized spacial score (nSPS) is 16.1. The summed E-state index contributed by atoms with van der Waals surface area (Å²) in [7, 11) is 2.05. The van der Waals surface area contributed by atoms with E-state index in [0.717, 1.165) is 49.5 Å². The lowest BCUT2D eigenvalue weighted by atomic mass is 10.1. The van der Waals surface area contributed by atoms with Crippen molar-refractivity contribution in [1.82, 2.24) is 14.6 Å². The van der Waals surface area contributed by atoms with Crippen molar-refractivity contribution in [3.05, 3.63) is 34.4 Å². The third-order valence-electron chi connectivity index (χ3n) is 4.94. The zero-order chi connectivity index (χ0) is 23.3. The SMILES string of the molecule is CN1CCCC1CCNC(=O)Nc1snc(OCc2c(F)cc(Cl)cc2F)c1OC(N)=O. The van der Waals surface area contributed by atoms with Crippen LogP contribution in [-0.2, 0) is 6.61 Å². The molecule has 1 aliphatic heterocycles. The van der Waals surface area contributed by atoms with Gasteiger partial charge in [0.05, 0.1) is 5.56 Å². The predicted molar refractivity (Wildman–Crippen MR) is 115 cm³/mol. The van der Waals surface area contributed by atoms with Gasteiger partial charge in [-0.15, -0.1) is 4.37 Å². The Hall–Kier alpha value is -2.70. The predicted octanol–water partition coefficient (Wildman–Crippen LogP) is 3.72. The summed E-state index contributed by atoms with van der Waals surface area (Å²) < 4.78 is 42.1. The number of primary amides is 1. The first-order chi connectivity index (χ1) is 15.2. The molecule has 1 saturated heterocycles. The zero-order valence-electron chi connectivity index (χ0n) is 17.1. The average molecular weight is 490 g/mol. The van der Waals surface area contributed by atoms with Gasteiger partial charge in [0, 0.05) is 17.6 Å². The average Bonchev–Trinajstić information content (AvgIpc) is 3.27. The summed E-state index contributed by atoms with van der Waals surface area (Å²) in [6.07, 6.45) is 1.84. The number of benzene rings is 1. The minimum Gasteiger partial charge on any atom is -0.469 e. The number of amides is 3. The number of carbonyl (C=O) groups excluding carboxylic acids is 2. The standard InChI is InChI=1S/C19H22ClF2N5O4S/c1-27-6-2-3-11(27)4-5-24-19(29)25-17-15(31-18(23)28)16(26-32-17)30-9-12-13(21)7-10(20)8-14(12)22/h7-8,11H,2-6,9H2,1H3,(H2,23,28)(H2,24,25,29). The van der Waals surface area contributed by atoms with E-state index in [1.165, 1.54) is 0 Å². The number of nitrogens with zero attached hydrogens (tertiary/aromatic N) is 2. The summed E-state index contributed by atoms with van der Waals surface area (Å²) in [5.41, 5.74) is 4.69. The first-order valence-corrected chi connectivity index (χ1v) is 10.9. The highest BCUT2D eigenvalue weighted by molar-refractivity contribution is 7.11. The largest absolute Gasteiger partial charge is 0.469 e. The number of rotatable bonds is 8. The molecule has 0 spiro atoms. The Morgan fingerprint density at radius 1 is 1.38 bits per heavy atom. The Balaban J connectivity index is 1.63. The van der Waals surface area contributed by atoms with Crippen molar-refractivity contribution in [2.75, 3.05) is 25.5 Å². The number of hydrogen-bond acceptors (Lipinski definition) is 7. The summed E-state index contributed by atoms with van der Waals surface area (Å²) in [6, 6.07) is 1.75. The molecule has 2 aromatic rings. The summed E-state index contributed by atoms with van der Waals surface area (Å²) in [4.78, 5) is 25.8. The molecule has 1 aromatic heterocycles. The lowest BCUT2D eigenvalue weighted by Gasteiger charge is -2.19. The minimum absolute atomic E-state index is 0.0475. The van der Waals surface area contributed by atoms with Gasteiger partial charge in [0.2, 0.25) is 5.75 Å². The van der Waals surface area contributed by atoms with E-state index in [0.29, 0.717) is 12.6 Å². The fourth-order valence-electron chi connectivity index (χ4n) is 3.32. The van der Waals surface area contributed by atoms with E-state index in [2.05, 4.69) is 19.9 Å². The lowest BCUT2D eigenvalue weighted by Crippen LogP contribution is -2.34. The molecule has 3 amide bonds. The molecular weight excluding hydrogens is 468 g/mol. The van der Waals surface area contributed by atoms with Crippen molar-refractivity contribution in [3.63, 3.8) is 0 Å². The molecule has 32 heavy (non-hydrogen) atoms. The number of anilines is 1. The van der Waals surface area contributed by atoms with Gasteiger partial charge in [0.25, 0.3) is 5.88 Å². The van der Waals surface area contributed by atoms with Crippen molar-refractivity contribution < 1.29 is 27.8 Å². The molecule has 1 fully saturated rings. The van der Waals surface area contributed by atoms with E-state index in [-0.39, 0.29) is 21.7 Å². The highest BCUT2D eigenvalue weighted by atomic mass is 35.5. The minimum atomic E-state index is -1.17. The monoisotopic (exact) mass is 489 g/mol. The van der Waals surface area contributed by atoms with Crippen LogP contribution >= 0.6 is 23.1 Å². The van der Waals surface area contributed by atoms with Crippen LogP contribution in [0.5, 0.6) is 11.6 Å². The maximum atomic E-state index is 14.0. The van der Waals surface area contributed by atoms with Crippen molar-refractivity contribution >= 4 is 40.3 Å². The highest BCUT2D eigenvalue weighted by Crippen LogP contribution is 2.39. The van der Waals surface area contributed by atoms with Crippen LogP contribution in [0.1, 0.15) is 24.8 Å². The van der Waals surface area contributed by atoms with Gasteiger partial charge in [-0.2, -0.15) is 0 Å². The maximum absolute atomic E-state index is 14.0. The number of carbonyl (C=O) groups is 2. The maximum Gasteiger partial charge on any atom is 0.410 e. The molecule has 1 aliphatic rings. The lowest BCUT2D eigenvalue weighted by molar-refractivity contribution is 0.205. The number of aromatic nitrogens is 1. The van der Waals surface area contributed by atoms with Crippen LogP contribution in [0, 0.1) is 11.6 Å². The molecule has 0 saturated carbocycles. The molecule has 4 N–H and O–H groups in total. The first-order valence-electron chi connectivity index (χ1n) is 9.73. The summed E-state index contributed by atoms with van der Waals surface area (Å²) in [6.45, 7) is 0.927. The fraction of sp³-hybridized carbons (Fsp3) is 0.421. The van der Waals surface area contributed by atoms with E-state index in [4.69, 9.17) is 26.8 Å². The number of nitrogens with one attached hydrogen (secondary N) is 2. The zero-order valence-corrected chi connectivity index (χ0v) is 18.7. The Bertz CT molecular complexity index is 970. The third-order valence-corrected chi connectivity index (χ3v) is 5.89. The molecule has 3 rings (SSSR count). The topological polar surface area (TPSA) is 119 Å². The second-order valence-corrected chi connectivity index (χ2v) is 8.36. The van der Waals surface area contributed by atoms with Gasteiger partial charge in [-0.05, 0) is 56.5 Å². The molecule has 174 valence electrons. The Labute approximate surface area is 192 Å². The molecular formula is C19H22ClF2N5O4S. The number of hydrogen-bond donors (Lipinski definition) is 3. The Kier molecular flexibility index (Phi) is 8.04. The molecule has 2 heterocycles. The molecule has 1 atom stereocenters. The van der Waals surface area contributed by atoms with Crippen molar-refractivity contribution in [3.8, 4) is 11.6 Å². The molecule has 0 radical (unpaired) electrons. The van der Waals surface area contributed by atoms with E-state index < -0.39 is 35.9 Å². The van der Waals surface area contributed by atoms with Gasteiger partial charge < -0.3 is 25.4 Å². The molecule has 0 bridgehead atoms. The van der Waals surface area contributed by atoms with Crippen LogP contribution in [-0.4, -0.2) is 47.6 Å². The van der Waals surface area contributed by atoms with Crippen molar-refractivity contribution in [2.24, 2.45) is 5.73 Å². The van der Waals surface area contributed by atoms with E-state index in [1.54, 1.807) is 0 Å². The first kappa shape index (κ1) is 24.0. The van der Waals surface area contributed by atoms with Crippen LogP contribution in [0.25, 0.3) is 0 Å². The molecule has 9 nitrogen and oxygen atoms in total. The van der Waals surface area contributed by atoms with Crippen LogP contribution < -0.4 is 25.8 Å². The number of nitrogens with two attached hydrogens (primary N) is 1. The van der Waals surface area contributed by atoms with Gasteiger partial charge in [0.1, 0.15) is 18.2 Å². The van der Waals surface area contributed by atoms with Gasteiger partial charge in [-0.3, -0.25) is 5.32 Å².